The van der Waals surface area contributed by atoms with E-state index in [1.54, 1.807) is 13.8 Å². The topological polar surface area (TPSA) is 132 Å². The number of nitriles is 1. The zero-order valence-electron chi connectivity index (χ0n) is 16.0. The number of nitrogens with one attached hydrogen (secondary N) is 3. The number of ether oxygens (including phenoxy) is 1. The Bertz CT molecular complexity index is 935. The molecule has 0 aliphatic carbocycles. The molecule has 0 unspecified atom stereocenters. The molecule has 0 saturated heterocycles. The third-order valence-corrected chi connectivity index (χ3v) is 4.08. The van der Waals surface area contributed by atoms with Crippen LogP contribution in [0.2, 0.25) is 0 Å². The normalized spacial score (nSPS) is 12.4. The van der Waals surface area contributed by atoms with Crippen molar-refractivity contribution >= 4 is 23.4 Å². The first-order valence-corrected chi connectivity index (χ1v) is 8.62. The summed E-state index contributed by atoms with van der Waals surface area (Å²) in [7, 11) is 1.27. The molecule has 0 saturated carbocycles. The zero-order chi connectivity index (χ0) is 21.6. The maximum atomic E-state index is 14.4. The molecule has 2 aromatic rings. The van der Waals surface area contributed by atoms with Crippen LogP contribution < -0.4 is 20.7 Å². The Kier molecular flexibility index (Phi) is 7.08. The molecule has 9 nitrogen and oxygen atoms in total. The zero-order valence-corrected chi connectivity index (χ0v) is 16.0. The molecule has 29 heavy (non-hydrogen) atoms. The summed E-state index contributed by atoms with van der Waals surface area (Å²) in [6.45, 7) is 3.42. The fourth-order valence-electron chi connectivity index (χ4n) is 2.60. The molecular weight excluding hydrogens is 386 g/mol. The van der Waals surface area contributed by atoms with Crippen LogP contribution in [0.4, 0.5) is 30.9 Å². The molecule has 0 fully saturated rings. The van der Waals surface area contributed by atoms with Gasteiger partial charge in [-0.1, -0.05) is 6.92 Å². The van der Waals surface area contributed by atoms with E-state index in [9.17, 15) is 18.8 Å². The lowest BCUT2D eigenvalue weighted by Gasteiger charge is -2.25. The van der Waals surface area contributed by atoms with Crippen LogP contribution in [0.3, 0.4) is 0 Å². The summed E-state index contributed by atoms with van der Waals surface area (Å²) < 4.78 is 33.0. The molecule has 0 spiro atoms. The summed E-state index contributed by atoms with van der Waals surface area (Å²) in [5, 5.41) is 26.0. The van der Waals surface area contributed by atoms with Crippen molar-refractivity contribution in [2.24, 2.45) is 0 Å². The number of nitrogens with zero attached hydrogens (tertiary/aromatic N) is 3. The standard InChI is InChI=1S/C18H20F2N6O3/c1-4-14(9(2)23-18(27)28)25-16-12(19)5-10(7-21)15(26-16)24-11-6-13(20)17(29-3)22-8-11/h5-6,8-9,14,23H,4H2,1-3H3,(H,27,28)(H2,24,25,26)/t9-,14+/m0/s1. The highest BCUT2D eigenvalue weighted by molar-refractivity contribution is 5.66. The van der Waals surface area contributed by atoms with Gasteiger partial charge in [0.25, 0.3) is 0 Å². The number of carboxylic acid groups (broad SMARTS) is 1. The van der Waals surface area contributed by atoms with E-state index in [1.807, 2.05) is 6.07 Å². The Morgan fingerprint density at radius 1 is 1.34 bits per heavy atom. The average molecular weight is 406 g/mol. The van der Waals surface area contributed by atoms with E-state index in [-0.39, 0.29) is 28.8 Å². The van der Waals surface area contributed by atoms with Gasteiger partial charge in [-0.15, -0.1) is 0 Å². The van der Waals surface area contributed by atoms with E-state index in [4.69, 9.17) is 9.84 Å². The van der Waals surface area contributed by atoms with E-state index in [1.165, 1.54) is 13.3 Å². The maximum Gasteiger partial charge on any atom is 0.404 e. The van der Waals surface area contributed by atoms with Gasteiger partial charge < -0.3 is 25.8 Å². The molecule has 2 rings (SSSR count). The fraction of sp³-hybridized carbons (Fsp3) is 0.333. The van der Waals surface area contributed by atoms with Gasteiger partial charge in [0.15, 0.2) is 23.3 Å². The lowest BCUT2D eigenvalue weighted by Crippen LogP contribution is -2.44. The van der Waals surface area contributed by atoms with Crippen LogP contribution in [-0.2, 0) is 0 Å². The highest BCUT2D eigenvalue weighted by Crippen LogP contribution is 2.25. The number of methoxy groups -OCH3 is 1. The van der Waals surface area contributed by atoms with Gasteiger partial charge in [0, 0.05) is 18.2 Å². The minimum atomic E-state index is -1.21. The van der Waals surface area contributed by atoms with E-state index >= 15 is 0 Å². The largest absolute Gasteiger partial charge is 0.479 e. The summed E-state index contributed by atoms with van der Waals surface area (Å²) in [5.74, 6) is -1.91. The molecule has 4 N–H and O–H groups in total. The third kappa shape index (κ3) is 5.41. The molecule has 0 bridgehead atoms. The maximum absolute atomic E-state index is 14.4. The summed E-state index contributed by atoms with van der Waals surface area (Å²) in [6.07, 6.45) is 0.538. The Balaban J connectivity index is 2.33. The number of halogens is 2. The molecule has 0 aromatic carbocycles. The number of hydrogen-bond acceptors (Lipinski definition) is 7. The van der Waals surface area contributed by atoms with Crippen LogP contribution in [0.5, 0.6) is 5.88 Å². The van der Waals surface area contributed by atoms with Crippen molar-refractivity contribution in [2.75, 3.05) is 17.7 Å². The number of pyridine rings is 2. The molecule has 0 aliphatic heterocycles. The number of amides is 1. The van der Waals surface area contributed by atoms with Crippen LogP contribution in [0, 0.1) is 23.0 Å². The Hall–Kier alpha value is -3.68. The van der Waals surface area contributed by atoms with Crippen molar-refractivity contribution in [3.05, 3.63) is 35.5 Å². The van der Waals surface area contributed by atoms with Gasteiger partial charge in [-0.2, -0.15) is 5.26 Å². The van der Waals surface area contributed by atoms with Gasteiger partial charge in [0.05, 0.1) is 24.6 Å². The van der Waals surface area contributed by atoms with Crippen LogP contribution in [0.15, 0.2) is 18.3 Å². The molecule has 2 aromatic heterocycles. The van der Waals surface area contributed by atoms with Gasteiger partial charge in [0.2, 0.25) is 5.88 Å². The van der Waals surface area contributed by atoms with Crippen LogP contribution in [0.25, 0.3) is 0 Å². The molecule has 154 valence electrons. The second-order valence-electron chi connectivity index (χ2n) is 6.06. The van der Waals surface area contributed by atoms with Crippen molar-refractivity contribution < 1.29 is 23.4 Å². The third-order valence-electron chi connectivity index (χ3n) is 4.08. The number of aromatic nitrogens is 2. The minimum Gasteiger partial charge on any atom is -0.479 e. The first-order chi connectivity index (χ1) is 13.8. The quantitative estimate of drug-likeness (QED) is 0.525. The van der Waals surface area contributed by atoms with Gasteiger partial charge in [-0.05, 0) is 19.4 Å². The van der Waals surface area contributed by atoms with E-state index < -0.39 is 29.8 Å². The fourth-order valence-corrected chi connectivity index (χ4v) is 2.60. The Morgan fingerprint density at radius 3 is 2.62 bits per heavy atom. The minimum absolute atomic E-state index is 0.0172. The van der Waals surface area contributed by atoms with Crippen LogP contribution in [0.1, 0.15) is 25.8 Å². The monoisotopic (exact) mass is 406 g/mol. The number of anilines is 3. The molecule has 0 radical (unpaired) electrons. The van der Waals surface area contributed by atoms with Gasteiger partial charge in [-0.25, -0.2) is 23.5 Å². The van der Waals surface area contributed by atoms with Gasteiger partial charge in [0.1, 0.15) is 6.07 Å². The number of rotatable bonds is 8. The second kappa shape index (κ2) is 9.50. The highest BCUT2D eigenvalue weighted by atomic mass is 19.1. The highest BCUT2D eigenvalue weighted by Gasteiger charge is 2.21. The van der Waals surface area contributed by atoms with Crippen LogP contribution >= 0.6 is 0 Å². The van der Waals surface area contributed by atoms with Gasteiger partial charge in [-0.3, -0.25) is 0 Å². The van der Waals surface area contributed by atoms with E-state index in [2.05, 4.69) is 25.9 Å². The predicted molar refractivity (Wildman–Crippen MR) is 101 cm³/mol. The van der Waals surface area contributed by atoms with Crippen molar-refractivity contribution in [3.63, 3.8) is 0 Å². The van der Waals surface area contributed by atoms with Crippen molar-refractivity contribution in [3.8, 4) is 11.9 Å². The molecule has 0 aliphatic rings. The molecule has 2 heterocycles. The van der Waals surface area contributed by atoms with Crippen molar-refractivity contribution in [1.29, 1.82) is 5.26 Å². The van der Waals surface area contributed by atoms with Crippen molar-refractivity contribution in [1.82, 2.24) is 15.3 Å². The summed E-state index contributed by atoms with van der Waals surface area (Å²) in [6, 6.07) is 2.89. The Morgan fingerprint density at radius 2 is 2.07 bits per heavy atom. The van der Waals surface area contributed by atoms with Crippen LogP contribution in [-0.4, -0.2) is 40.4 Å². The summed E-state index contributed by atoms with van der Waals surface area (Å²) >= 11 is 0. The molecule has 2 atom stereocenters. The summed E-state index contributed by atoms with van der Waals surface area (Å²) in [5.41, 5.74) is 0.0758. The first kappa shape index (κ1) is 21.6. The molecule has 1 amide bonds. The molecule has 11 heteroatoms. The van der Waals surface area contributed by atoms with E-state index in [0.29, 0.717) is 6.42 Å². The smallest absolute Gasteiger partial charge is 0.404 e. The summed E-state index contributed by atoms with van der Waals surface area (Å²) in [4.78, 5) is 18.7. The lowest BCUT2D eigenvalue weighted by molar-refractivity contribution is 0.189. The van der Waals surface area contributed by atoms with Crippen molar-refractivity contribution in [2.45, 2.75) is 32.4 Å². The molecular formula is C18H20F2N6O3. The average Bonchev–Trinajstić information content (AvgIpc) is 2.67. The number of hydrogen-bond donors (Lipinski definition) is 4. The predicted octanol–water partition coefficient (Wildman–Crippen LogP) is 3.23. The number of carbonyl (C=O) groups is 1. The van der Waals surface area contributed by atoms with E-state index in [0.717, 1.165) is 12.1 Å². The first-order valence-electron chi connectivity index (χ1n) is 8.62. The lowest BCUT2D eigenvalue weighted by atomic mass is 10.1. The SMILES string of the molecule is CC[C@@H](Nc1nc(Nc2cnc(OC)c(F)c2)c(C#N)cc1F)[C@H](C)NC(=O)O. The second-order valence-corrected chi connectivity index (χ2v) is 6.06. The van der Waals surface area contributed by atoms with Gasteiger partial charge >= 0.3 is 6.09 Å². The Labute approximate surface area is 165 Å².